The largest absolute Gasteiger partial charge is 0.352 e. The molecule has 2 fully saturated rings. The van der Waals surface area contributed by atoms with Crippen LogP contribution in [0, 0.1) is 12.8 Å². The van der Waals surface area contributed by atoms with Gasteiger partial charge in [0, 0.05) is 42.7 Å². The Kier molecular flexibility index (Phi) is 7.33. The predicted molar refractivity (Wildman–Crippen MR) is 129 cm³/mol. The summed E-state index contributed by atoms with van der Waals surface area (Å²) in [6.45, 7) is 7.51. The molecule has 2 heterocycles. The van der Waals surface area contributed by atoms with Gasteiger partial charge < -0.3 is 10.6 Å². The van der Waals surface area contributed by atoms with Crippen LogP contribution in [-0.4, -0.2) is 48.1 Å². The number of guanidine groups is 1. The van der Waals surface area contributed by atoms with Gasteiger partial charge in [-0.2, -0.15) is 0 Å². The molecule has 1 saturated heterocycles. The summed E-state index contributed by atoms with van der Waals surface area (Å²) in [5.41, 5.74) is 2.27. The molecule has 2 atom stereocenters. The summed E-state index contributed by atoms with van der Waals surface area (Å²) in [7, 11) is 1.85. The van der Waals surface area contributed by atoms with Gasteiger partial charge in [0.2, 0.25) is 0 Å². The first kappa shape index (κ1) is 21.5. The van der Waals surface area contributed by atoms with Crippen LogP contribution >= 0.6 is 35.3 Å². The third-order valence-corrected chi connectivity index (χ3v) is 6.79. The molecular formula is C21H30IN5S. The molecule has 4 rings (SSSR count). The van der Waals surface area contributed by atoms with Crippen LogP contribution in [0.5, 0.6) is 0 Å². The topological polar surface area (TPSA) is 52.6 Å². The zero-order valence-electron chi connectivity index (χ0n) is 16.8. The van der Waals surface area contributed by atoms with E-state index in [1.807, 2.05) is 13.1 Å². The summed E-state index contributed by atoms with van der Waals surface area (Å²) in [5, 5.41) is 8.21. The Balaban J connectivity index is 0.00000225. The molecule has 152 valence electrons. The van der Waals surface area contributed by atoms with Crippen LogP contribution in [0.3, 0.4) is 0 Å². The molecule has 2 aliphatic rings. The molecule has 0 radical (unpaired) electrons. The number of benzene rings is 1. The van der Waals surface area contributed by atoms with Crippen molar-refractivity contribution in [2.45, 2.75) is 45.3 Å². The number of likely N-dealkylation sites (tertiary alicyclic amines) is 1. The van der Waals surface area contributed by atoms with Crippen molar-refractivity contribution in [2.75, 3.05) is 20.1 Å². The lowest BCUT2D eigenvalue weighted by molar-refractivity contribution is 0.315. The molecular weight excluding hydrogens is 481 g/mol. The van der Waals surface area contributed by atoms with Crippen molar-refractivity contribution in [1.29, 1.82) is 0 Å². The molecule has 5 nitrogen and oxygen atoms in total. The minimum atomic E-state index is 0. The standard InChI is InChI=1S/C21H29N5S.HI/c1-14-12-26(17-9-10-17)13-18(14)25-21(22-3)23-11-19-15(2)24-20(27-19)16-7-5-4-6-8-16;/h4-8,14,17-18H,9-13H2,1-3H3,(H2,22,23,25);1H. The van der Waals surface area contributed by atoms with Crippen LogP contribution in [0.25, 0.3) is 10.6 Å². The van der Waals surface area contributed by atoms with Crippen LogP contribution in [0.2, 0.25) is 0 Å². The van der Waals surface area contributed by atoms with Gasteiger partial charge in [0.1, 0.15) is 5.01 Å². The highest BCUT2D eigenvalue weighted by Gasteiger charge is 2.38. The maximum atomic E-state index is 4.75. The highest BCUT2D eigenvalue weighted by Crippen LogP contribution is 2.32. The van der Waals surface area contributed by atoms with E-state index in [0.717, 1.165) is 35.8 Å². The highest BCUT2D eigenvalue weighted by molar-refractivity contribution is 14.0. The highest BCUT2D eigenvalue weighted by atomic mass is 127. The number of aliphatic imine (C=N–C) groups is 1. The van der Waals surface area contributed by atoms with E-state index in [4.69, 9.17) is 4.98 Å². The van der Waals surface area contributed by atoms with Crippen LogP contribution in [0.1, 0.15) is 30.3 Å². The van der Waals surface area contributed by atoms with E-state index in [1.54, 1.807) is 11.3 Å². The number of hydrogen-bond donors (Lipinski definition) is 2. The van der Waals surface area contributed by atoms with E-state index in [-0.39, 0.29) is 24.0 Å². The van der Waals surface area contributed by atoms with Crippen molar-refractivity contribution in [3.05, 3.63) is 40.9 Å². The molecule has 1 aliphatic heterocycles. The van der Waals surface area contributed by atoms with Crippen LogP contribution in [0.15, 0.2) is 35.3 Å². The third kappa shape index (κ3) is 5.04. The summed E-state index contributed by atoms with van der Waals surface area (Å²) in [4.78, 5) is 13.1. The fourth-order valence-corrected chi connectivity index (χ4v) is 4.77. The SMILES string of the molecule is CN=C(NCc1sc(-c2ccccc2)nc1C)NC1CN(C2CC2)CC1C.I. The fourth-order valence-electron chi connectivity index (χ4n) is 3.76. The molecule has 2 unspecified atom stereocenters. The van der Waals surface area contributed by atoms with Gasteiger partial charge in [-0.1, -0.05) is 37.3 Å². The summed E-state index contributed by atoms with van der Waals surface area (Å²) in [6, 6.07) is 11.7. The van der Waals surface area contributed by atoms with Crippen molar-refractivity contribution in [1.82, 2.24) is 20.5 Å². The molecule has 2 aromatic rings. The van der Waals surface area contributed by atoms with Crippen molar-refractivity contribution < 1.29 is 0 Å². The summed E-state index contributed by atoms with van der Waals surface area (Å²) in [6.07, 6.45) is 2.75. The third-order valence-electron chi connectivity index (χ3n) is 5.58. The number of hydrogen-bond acceptors (Lipinski definition) is 4. The maximum Gasteiger partial charge on any atom is 0.191 e. The average Bonchev–Trinajstić information content (AvgIpc) is 3.38. The lowest BCUT2D eigenvalue weighted by atomic mass is 10.1. The van der Waals surface area contributed by atoms with Gasteiger partial charge in [0.15, 0.2) is 5.96 Å². The molecule has 7 heteroatoms. The average molecular weight is 511 g/mol. The molecule has 0 spiro atoms. The summed E-state index contributed by atoms with van der Waals surface area (Å²) < 4.78 is 0. The first-order valence-corrected chi connectivity index (χ1v) is 10.7. The van der Waals surface area contributed by atoms with Gasteiger partial charge in [-0.15, -0.1) is 35.3 Å². The van der Waals surface area contributed by atoms with E-state index in [2.05, 4.69) is 58.6 Å². The normalized spacial score (nSPS) is 22.8. The Labute approximate surface area is 189 Å². The molecule has 28 heavy (non-hydrogen) atoms. The van der Waals surface area contributed by atoms with Crippen molar-refractivity contribution in [3.8, 4) is 10.6 Å². The molecule has 1 aromatic carbocycles. The Hall–Kier alpha value is -1.19. The number of nitrogens with zero attached hydrogens (tertiary/aromatic N) is 3. The molecule has 2 N–H and O–H groups in total. The second-order valence-electron chi connectivity index (χ2n) is 7.73. The molecule has 0 bridgehead atoms. The van der Waals surface area contributed by atoms with E-state index in [9.17, 15) is 0 Å². The monoisotopic (exact) mass is 511 g/mol. The zero-order chi connectivity index (χ0) is 18.8. The Morgan fingerprint density at radius 1 is 1.25 bits per heavy atom. The van der Waals surface area contributed by atoms with Gasteiger partial charge in [0.05, 0.1) is 12.2 Å². The smallest absolute Gasteiger partial charge is 0.191 e. The van der Waals surface area contributed by atoms with Crippen LogP contribution in [-0.2, 0) is 6.54 Å². The van der Waals surface area contributed by atoms with Crippen molar-refractivity contribution in [3.63, 3.8) is 0 Å². The van der Waals surface area contributed by atoms with Gasteiger partial charge in [-0.25, -0.2) is 4.98 Å². The summed E-state index contributed by atoms with van der Waals surface area (Å²) in [5.74, 6) is 1.54. The van der Waals surface area contributed by atoms with Crippen LogP contribution in [0.4, 0.5) is 0 Å². The van der Waals surface area contributed by atoms with E-state index in [0.29, 0.717) is 12.0 Å². The summed E-state index contributed by atoms with van der Waals surface area (Å²) >= 11 is 1.76. The Morgan fingerprint density at radius 3 is 2.68 bits per heavy atom. The van der Waals surface area contributed by atoms with Gasteiger partial charge in [-0.05, 0) is 25.7 Å². The van der Waals surface area contributed by atoms with Crippen molar-refractivity contribution in [2.24, 2.45) is 10.9 Å². The lowest BCUT2D eigenvalue weighted by Gasteiger charge is -2.20. The second-order valence-corrected chi connectivity index (χ2v) is 8.82. The number of halogens is 1. The number of aromatic nitrogens is 1. The van der Waals surface area contributed by atoms with E-state index in [1.165, 1.54) is 29.8 Å². The minimum absolute atomic E-state index is 0. The zero-order valence-corrected chi connectivity index (χ0v) is 20.0. The Bertz CT molecular complexity index is 802. The fraction of sp³-hybridized carbons (Fsp3) is 0.524. The number of nitrogens with one attached hydrogen (secondary N) is 2. The number of aryl methyl sites for hydroxylation is 1. The maximum absolute atomic E-state index is 4.75. The first-order valence-electron chi connectivity index (χ1n) is 9.87. The van der Waals surface area contributed by atoms with Gasteiger partial charge in [0.25, 0.3) is 0 Å². The molecule has 1 saturated carbocycles. The predicted octanol–water partition coefficient (Wildman–Crippen LogP) is 3.88. The minimum Gasteiger partial charge on any atom is -0.352 e. The van der Waals surface area contributed by atoms with Gasteiger partial charge in [-0.3, -0.25) is 9.89 Å². The lowest BCUT2D eigenvalue weighted by Crippen LogP contribution is -2.46. The van der Waals surface area contributed by atoms with Gasteiger partial charge >= 0.3 is 0 Å². The molecule has 1 aromatic heterocycles. The van der Waals surface area contributed by atoms with E-state index >= 15 is 0 Å². The molecule has 0 amide bonds. The number of rotatable bonds is 5. The second kappa shape index (κ2) is 9.54. The number of thiazole rings is 1. The van der Waals surface area contributed by atoms with E-state index < -0.39 is 0 Å². The van der Waals surface area contributed by atoms with Crippen LogP contribution < -0.4 is 10.6 Å². The quantitative estimate of drug-likeness (QED) is 0.364. The Morgan fingerprint density at radius 2 is 2.00 bits per heavy atom. The van der Waals surface area contributed by atoms with Crippen molar-refractivity contribution >= 4 is 41.3 Å². The first-order chi connectivity index (χ1) is 13.1. The molecule has 1 aliphatic carbocycles.